The Kier molecular flexibility index (Phi) is 3.00. The highest BCUT2D eigenvalue weighted by Gasteiger charge is 2.25. The largest absolute Gasteiger partial charge is 0.379 e. The molecule has 0 unspecified atom stereocenters. The van der Waals surface area contributed by atoms with Gasteiger partial charge in [0.05, 0.1) is 12.2 Å². The third kappa shape index (κ3) is 1.98. The van der Waals surface area contributed by atoms with Crippen LogP contribution < -0.4 is 5.01 Å². The predicted octanol–water partition coefficient (Wildman–Crippen LogP) is 2.37. The van der Waals surface area contributed by atoms with E-state index in [-0.39, 0.29) is 6.73 Å². The van der Waals surface area contributed by atoms with Gasteiger partial charge in [-0.25, -0.2) is 0 Å². The molecular weight excluding hydrogens is 224 g/mol. The number of para-hydroxylation sites is 1. The number of nitrogens with zero attached hydrogens (tertiary/aromatic N) is 2. The third-order valence-electron chi connectivity index (χ3n) is 3.30. The van der Waals surface area contributed by atoms with Crippen molar-refractivity contribution >= 4 is 5.69 Å². The first-order chi connectivity index (χ1) is 8.88. The highest BCUT2D eigenvalue weighted by molar-refractivity contribution is 5.56. The molecule has 1 aliphatic rings. The molecule has 1 heterocycles. The van der Waals surface area contributed by atoms with Gasteiger partial charge < -0.3 is 5.11 Å². The molecule has 3 rings (SSSR count). The third-order valence-corrected chi connectivity index (χ3v) is 3.30. The van der Waals surface area contributed by atoms with Crippen LogP contribution in [0.4, 0.5) is 5.69 Å². The van der Waals surface area contributed by atoms with Crippen LogP contribution in [0.5, 0.6) is 0 Å². The van der Waals surface area contributed by atoms with Crippen LogP contribution in [0.15, 0.2) is 54.6 Å². The molecule has 0 fully saturated rings. The van der Waals surface area contributed by atoms with E-state index in [4.69, 9.17) is 0 Å². The molecular formula is C15H16N2O. The molecule has 0 amide bonds. The summed E-state index contributed by atoms with van der Waals surface area (Å²) in [7, 11) is 0. The van der Waals surface area contributed by atoms with Crippen LogP contribution in [0.1, 0.15) is 11.1 Å². The minimum atomic E-state index is 0.0432. The zero-order valence-corrected chi connectivity index (χ0v) is 10.2. The van der Waals surface area contributed by atoms with Gasteiger partial charge in [-0.15, -0.1) is 0 Å². The molecule has 0 saturated carbocycles. The van der Waals surface area contributed by atoms with E-state index in [9.17, 15) is 5.11 Å². The van der Waals surface area contributed by atoms with Gasteiger partial charge >= 0.3 is 0 Å². The zero-order chi connectivity index (χ0) is 12.4. The van der Waals surface area contributed by atoms with Gasteiger partial charge in [-0.2, -0.15) is 5.01 Å². The van der Waals surface area contributed by atoms with Crippen molar-refractivity contribution in [2.24, 2.45) is 0 Å². The van der Waals surface area contributed by atoms with Crippen LogP contribution in [0.25, 0.3) is 0 Å². The van der Waals surface area contributed by atoms with Crippen molar-refractivity contribution in [2.75, 3.05) is 11.7 Å². The van der Waals surface area contributed by atoms with Crippen LogP contribution in [0.2, 0.25) is 0 Å². The number of hydrazine groups is 1. The van der Waals surface area contributed by atoms with Gasteiger partial charge in [-0.3, -0.25) is 5.01 Å². The van der Waals surface area contributed by atoms with Gasteiger partial charge in [0.2, 0.25) is 0 Å². The van der Waals surface area contributed by atoms with E-state index in [0.29, 0.717) is 0 Å². The first-order valence-electron chi connectivity index (χ1n) is 6.13. The first-order valence-corrected chi connectivity index (χ1v) is 6.13. The summed E-state index contributed by atoms with van der Waals surface area (Å²) < 4.78 is 0. The maximum Gasteiger partial charge on any atom is 0.113 e. The van der Waals surface area contributed by atoms with E-state index in [0.717, 1.165) is 13.1 Å². The Morgan fingerprint density at radius 2 is 1.67 bits per heavy atom. The average molecular weight is 240 g/mol. The lowest BCUT2D eigenvalue weighted by Gasteiger charge is -2.28. The lowest BCUT2D eigenvalue weighted by molar-refractivity contribution is 0.0972. The van der Waals surface area contributed by atoms with Crippen LogP contribution in [0, 0.1) is 0 Å². The molecule has 18 heavy (non-hydrogen) atoms. The molecule has 1 N–H and O–H groups in total. The normalized spacial score (nSPS) is 14.8. The molecule has 0 aliphatic carbocycles. The summed E-state index contributed by atoms with van der Waals surface area (Å²) in [5.41, 5.74) is 3.70. The molecule has 2 aromatic carbocycles. The van der Waals surface area contributed by atoms with Crippen LogP contribution in [-0.2, 0) is 13.1 Å². The molecule has 0 spiro atoms. The predicted molar refractivity (Wildman–Crippen MR) is 71.7 cm³/mol. The van der Waals surface area contributed by atoms with Crippen molar-refractivity contribution in [3.63, 3.8) is 0 Å². The number of aliphatic hydroxyl groups is 1. The Labute approximate surface area is 107 Å². The summed E-state index contributed by atoms with van der Waals surface area (Å²) >= 11 is 0. The maximum absolute atomic E-state index is 9.47. The van der Waals surface area contributed by atoms with Crippen LogP contribution in [0.3, 0.4) is 0 Å². The van der Waals surface area contributed by atoms with Gasteiger partial charge in [0, 0.05) is 6.54 Å². The SMILES string of the molecule is OCN1Cc2ccccc2N1Cc1ccccc1. The number of aliphatic hydroxyl groups excluding tert-OH is 1. The fraction of sp³-hybridized carbons (Fsp3) is 0.200. The fourth-order valence-corrected chi connectivity index (χ4v) is 2.40. The first kappa shape index (κ1) is 11.3. The molecule has 0 bridgehead atoms. The number of fused-ring (bicyclic) bond motifs is 1. The number of benzene rings is 2. The van der Waals surface area contributed by atoms with Gasteiger partial charge in [0.1, 0.15) is 6.73 Å². The smallest absolute Gasteiger partial charge is 0.113 e. The highest BCUT2D eigenvalue weighted by Crippen LogP contribution is 2.31. The summed E-state index contributed by atoms with van der Waals surface area (Å²) in [5, 5.41) is 13.6. The van der Waals surface area contributed by atoms with Crippen molar-refractivity contribution in [2.45, 2.75) is 13.1 Å². The molecule has 92 valence electrons. The van der Waals surface area contributed by atoms with E-state index in [1.54, 1.807) is 0 Å². The van der Waals surface area contributed by atoms with E-state index in [1.807, 2.05) is 35.3 Å². The Balaban J connectivity index is 1.90. The molecule has 0 aromatic heterocycles. The summed E-state index contributed by atoms with van der Waals surface area (Å²) in [6.45, 7) is 1.61. The summed E-state index contributed by atoms with van der Waals surface area (Å²) in [5.74, 6) is 0. The Morgan fingerprint density at radius 1 is 0.944 bits per heavy atom. The van der Waals surface area contributed by atoms with Crippen LogP contribution >= 0.6 is 0 Å². The lowest BCUT2D eigenvalue weighted by atomic mass is 10.2. The van der Waals surface area contributed by atoms with Gasteiger partial charge in [-0.1, -0.05) is 48.5 Å². The van der Waals surface area contributed by atoms with Crippen molar-refractivity contribution in [1.29, 1.82) is 0 Å². The fourth-order valence-electron chi connectivity index (χ4n) is 2.40. The number of anilines is 1. The van der Waals surface area contributed by atoms with E-state index in [2.05, 4.69) is 29.3 Å². The van der Waals surface area contributed by atoms with E-state index < -0.39 is 0 Å². The van der Waals surface area contributed by atoms with Crippen molar-refractivity contribution in [3.8, 4) is 0 Å². The minimum absolute atomic E-state index is 0.0432. The maximum atomic E-state index is 9.47. The number of hydrogen-bond donors (Lipinski definition) is 1. The topological polar surface area (TPSA) is 26.7 Å². The second-order valence-electron chi connectivity index (χ2n) is 4.48. The molecule has 2 aromatic rings. The van der Waals surface area contributed by atoms with Crippen LogP contribution in [-0.4, -0.2) is 16.8 Å². The summed E-state index contributed by atoms with van der Waals surface area (Å²) in [6, 6.07) is 18.6. The van der Waals surface area contributed by atoms with E-state index in [1.165, 1.54) is 16.8 Å². The van der Waals surface area contributed by atoms with Crippen molar-refractivity contribution in [3.05, 3.63) is 65.7 Å². The van der Waals surface area contributed by atoms with Gasteiger partial charge in [0.25, 0.3) is 0 Å². The second kappa shape index (κ2) is 4.80. The summed E-state index contributed by atoms with van der Waals surface area (Å²) in [4.78, 5) is 0. The molecule has 0 saturated heterocycles. The Bertz CT molecular complexity index is 527. The monoisotopic (exact) mass is 240 g/mol. The molecule has 3 heteroatoms. The summed E-state index contributed by atoms with van der Waals surface area (Å²) in [6.07, 6.45) is 0. The van der Waals surface area contributed by atoms with Crippen molar-refractivity contribution in [1.82, 2.24) is 5.01 Å². The minimum Gasteiger partial charge on any atom is -0.379 e. The Hall–Kier alpha value is -1.84. The lowest BCUT2D eigenvalue weighted by Crippen LogP contribution is -2.37. The van der Waals surface area contributed by atoms with Crippen molar-refractivity contribution < 1.29 is 5.11 Å². The zero-order valence-electron chi connectivity index (χ0n) is 10.2. The molecule has 3 nitrogen and oxygen atoms in total. The molecule has 1 aliphatic heterocycles. The second-order valence-corrected chi connectivity index (χ2v) is 4.48. The standard InChI is InChI=1S/C15H16N2O/c18-12-16-11-14-8-4-5-9-15(14)17(16)10-13-6-2-1-3-7-13/h1-9,18H,10-12H2. The quantitative estimate of drug-likeness (QED) is 0.892. The highest BCUT2D eigenvalue weighted by atomic mass is 16.3. The Morgan fingerprint density at radius 3 is 2.44 bits per heavy atom. The number of hydrogen-bond acceptors (Lipinski definition) is 3. The average Bonchev–Trinajstić information content (AvgIpc) is 2.78. The molecule has 0 atom stereocenters. The number of rotatable bonds is 3. The van der Waals surface area contributed by atoms with E-state index >= 15 is 0 Å². The van der Waals surface area contributed by atoms with Gasteiger partial charge in [-0.05, 0) is 17.2 Å². The van der Waals surface area contributed by atoms with Gasteiger partial charge in [0.15, 0.2) is 0 Å². The molecule has 0 radical (unpaired) electrons.